The van der Waals surface area contributed by atoms with Gasteiger partial charge < -0.3 is 20.2 Å². The standard InChI is InChI=1S/C23H22Cl2N2O2/c1-28-22-13-17(14-26)11-19(18-5-3-2-4-6-18)23(22)29-10-9-27-15-16-7-8-20(24)21(25)12-16/h2-8,11-14,26-27H,9-10,15H2,1H3. The highest BCUT2D eigenvalue weighted by molar-refractivity contribution is 6.42. The zero-order valence-corrected chi connectivity index (χ0v) is 17.6. The lowest BCUT2D eigenvalue weighted by atomic mass is 10.0. The van der Waals surface area contributed by atoms with E-state index in [1.807, 2.05) is 48.5 Å². The van der Waals surface area contributed by atoms with Gasteiger partial charge in [-0.25, -0.2) is 0 Å². The molecule has 29 heavy (non-hydrogen) atoms. The third kappa shape index (κ3) is 5.51. The molecule has 0 aliphatic rings. The molecular formula is C23H22Cl2N2O2. The van der Waals surface area contributed by atoms with Gasteiger partial charge in [0.2, 0.25) is 0 Å². The fraction of sp³-hybridized carbons (Fsp3) is 0.174. The van der Waals surface area contributed by atoms with Crippen LogP contribution in [0.25, 0.3) is 11.1 Å². The zero-order valence-electron chi connectivity index (χ0n) is 16.0. The lowest BCUT2D eigenvalue weighted by molar-refractivity contribution is 0.293. The number of rotatable bonds is 9. The van der Waals surface area contributed by atoms with E-state index in [0.717, 1.165) is 22.3 Å². The Bertz CT molecular complexity index is 978. The van der Waals surface area contributed by atoms with Crippen LogP contribution in [0.2, 0.25) is 10.0 Å². The third-order valence-corrected chi connectivity index (χ3v) is 5.13. The van der Waals surface area contributed by atoms with Crippen LogP contribution < -0.4 is 14.8 Å². The third-order valence-electron chi connectivity index (χ3n) is 4.39. The van der Waals surface area contributed by atoms with Crippen molar-refractivity contribution in [2.45, 2.75) is 6.54 Å². The first-order chi connectivity index (χ1) is 14.1. The first-order valence-electron chi connectivity index (χ1n) is 9.17. The maximum absolute atomic E-state index is 7.60. The van der Waals surface area contributed by atoms with E-state index in [1.165, 1.54) is 6.21 Å². The molecule has 6 heteroatoms. The second-order valence-electron chi connectivity index (χ2n) is 6.38. The van der Waals surface area contributed by atoms with Crippen molar-refractivity contribution in [2.75, 3.05) is 20.3 Å². The highest BCUT2D eigenvalue weighted by Gasteiger charge is 2.14. The number of hydrogen-bond acceptors (Lipinski definition) is 4. The Balaban J connectivity index is 1.69. The summed E-state index contributed by atoms with van der Waals surface area (Å²) in [5.74, 6) is 1.27. The van der Waals surface area contributed by atoms with Gasteiger partial charge in [0.25, 0.3) is 0 Å². The molecule has 0 aromatic heterocycles. The lowest BCUT2D eigenvalue weighted by Crippen LogP contribution is -2.21. The van der Waals surface area contributed by atoms with E-state index in [1.54, 1.807) is 19.2 Å². The van der Waals surface area contributed by atoms with Gasteiger partial charge in [0, 0.05) is 24.9 Å². The normalized spacial score (nSPS) is 10.6. The van der Waals surface area contributed by atoms with Crippen molar-refractivity contribution in [1.82, 2.24) is 5.32 Å². The van der Waals surface area contributed by atoms with Crippen molar-refractivity contribution in [3.05, 3.63) is 81.8 Å². The molecule has 0 fully saturated rings. The number of nitrogens with one attached hydrogen (secondary N) is 2. The van der Waals surface area contributed by atoms with Crippen LogP contribution in [0, 0.1) is 5.41 Å². The molecular weight excluding hydrogens is 407 g/mol. The smallest absolute Gasteiger partial charge is 0.169 e. The summed E-state index contributed by atoms with van der Waals surface area (Å²) in [4.78, 5) is 0. The summed E-state index contributed by atoms with van der Waals surface area (Å²) in [7, 11) is 1.60. The van der Waals surface area contributed by atoms with E-state index in [4.69, 9.17) is 38.1 Å². The van der Waals surface area contributed by atoms with Crippen molar-refractivity contribution < 1.29 is 9.47 Å². The van der Waals surface area contributed by atoms with E-state index >= 15 is 0 Å². The second kappa shape index (κ2) is 10.3. The van der Waals surface area contributed by atoms with Crippen molar-refractivity contribution in [3.8, 4) is 22.6 Å². The highest BCUT2D eigenvalue weighted by Crippen LogP contribution is 2.39. The van der Waals surface area contributed by atoms with Gasteiger partial charge in [-0.05, 0) is 41.0 Å². The van der Waals surface area contributed by atoms with Crippen LogP contribution in [0.5, 0.6) is 11.5 Å². The molecule has 3 aromatic carbocycles. The van der Waals surface area contributed by atoms with Gasteiger partial charge in [0.15, 0.2) is 11.5 Å². The summed E-state index contributed by atoms with van der Waals surface area (Å²) < 4.78 is 11.6. The second-order valence-corrected chi connectivity index (χ2v) is 7.20. The van der Waals surface area contributed by atoms with E-state index in [0.29, 0.717) is 41.2 Å². The average molecular weight is 429 g/mol. The minimum absolute atomic E-state index is 0.460. The van der Waals surface area contributed by atoms with Crippen LogP contribution in [0.3, 0.4) is 0 Å². The number of halogens is 2. The quantitative estimate of drug-likeness (QED) is 0.332. The molecule has 0 atom stereocenters. The van der Waals surface area contributed by atoms with Crippen LogP contribution >= 0.6 is 23.2 Å². The molecule has 0 radical (unpaired) electrons. The molecule has 0 heterocycles. The van der Waals surface area contributed by atoms with Gasteiger partial charge in [-0.1, -0.05) is 59.6 Å². The lowest BCUT2D eigenvalue weighted by Gasteiger charge is -2.17. The summed E-state index contributed by atoms with van der Waals surface area (Å²) in [6.07, 6.45) is 1.30. The first kappa shape index (κ1) is 21.2. The molecule has 2 N–H and O–H groups in total. The zero-order chi connectivity index (χ0) is 20.6. The molecule has 3 rings (SSSR count). The summed E-state index contributed by atoms with van der Waals surface area (Å²) >= 11 is 12.0. The van der Waals surface area contributed by atoms with E-state index in [9.17, 15) is 0 Å². The summed E-state index contributed by atoms with van der Waals surface area (Å²) in [5, 5.41) is 12.0. The molecule has 0 spiro atoms. The van der Waals surface area contributed by atoms with Gasteiger partial charge in [0.05, 0.1) is 17.2 Å². The summed E-state index contributed by atoms with van der Waals surface area (Å²) in [5.41, 5.74) is 3.71. The molecule has 0 saturated carbocycles. The Kier molecular flexibility index (Phi) is 7.53. The SMILES string of the molecule is COc1cc(C=N)cc(-c2ccccc2)c1OCCNCc1ccc(Cl)c(Cl)c1. The van der Waals surface area contributed by atoms with Gasteiger partial charge in [-0.3, -0.25) is 0 Å². The van der Waals surface area contributed by atoms with Crippen LogP contribution in [0.15, 0.2) is 60.7 Å². The number of ether oxygens (including phenoxy) is 2. The largest absolute Gasteiger partial charge is 0.493 e. The Labute approximate surface area is 180 Å². The summed E-state index contributed by atoms with van der Waals surface area (Å²) in [6.45, 7) is 1.76. The van der Waals surface area contributed by atoms with Gasteiger partial charge in [-0.15, -0.1) is 0 Å². The van der Waals surface area contributed by atoms with Crippen LogP contribution in [-0.4, -0.2) is 26.5 Å². The minimum atomic E-state index is 0.460. The molecule has 0 amide bonds. The van der Waals surface area contributed by atoms with Gasteiger partial charge in [0.1, 0.15) is 6.61 Å². The van der Waals surface area contributed by atoms with Crippen LogP contribution in [0.1, 0.15) is 11.1 Å². The topological polar surface area (TPSA) is 54.3 Å². The van der Waals surface area contributed by atoms with Crippen molar-refractivity contribution in [1.29, 1.82) is 5.41 Å². The predicted octanol–water partition coefficient (Wildman–Crippen LogP) is 5.84. The highest BCUT2D eigenvalue weighted by atomic mass is 35.5. The van der Waals surface area contributed by atoms with Crippen LogP contribution in [-0.2, 0) is 6.54 Å². The first-order valence-corrected chi connectivity index (χ1v) is 9.93. The predicted molar refractivity (Wildman–Crippen MR) is 120 cm³/mol. The molecule has 0 bridgehead atoms. The van der Waals surface area contributed by atoms with Crippen molar-refractivity contribution in [2.24, 2.45) is 0 Å². The van der Waals surface area contributed by atoms with Crippen molar-refractivity contribution in [3.63, 3.8) is 0 Å². The molecule has 0 unspecified atom stereocenters. The molecule has 150 valence electrons. The number of methoxy groups -OCH3 is 1. The molecule has 0 aliphatic carbocycles. The monoisotopic (exact) mass is 428 g/mol. The fourth-order valence-electron chi connectivity index (χ4n) is 2.95. The Morgan fingerprint density at radius 2 is 1.79 bits per heavy atom. The van der Waals surface area contributed by atoms with E-state index in [2.05, 4.69) is 5.32 Å². The Morgan fingerprint density at radius 1 is 1.00 bits per heavy atom. The van der Waals surface area contributed by atoms with Gasteiger partial charge in [-0.2, -0.15) is 0 Å². The van der Waals surface area contributed by atoms with E-state index < -0.39 is 0 Å². The average Bonchev–Trinajstić information content (AvgIpc) is 2.76. The summed E-state index contributed by atoms with van der Waals surface area (Å²) in [6, 6.07) is 19.3. The van der Waals surface area contributed by atoms with Crippen LogP contribution in [0.4, 0.5) is 0 Å². The molecule has 0 aliphatic heterocycles. The Hall–Kier alpha value is -2.53. The van der Waals surface area contributed by atoms with Gasteiger partial charge >= 0.3 is 0 Å². The molecule has 3 aromatic rings. The number of benzene rings is 3. The molecule has 4 nitrogen and oxygen atoms in total. The maximum atomic E-state index is 7.60. The fourth-order valence-corrected chi connectivity index (χ4v) is 3.27. The van der Waals surface area contributed by atoms with Crippen molar-refractivity contribution >= 4 is 29.4 Å². The minimum Gasteiger partial charge on any atom is -0.493 e. The molecule has 0 saturated heterocycles. The van der Waals surface area contributed by atoms with E-state index in [-0.39, 0.29) is 0 Å². The number of hydrogen-bond donors (Lipinski definition) is 2. The maximum Gasteiger partial charge on any atom is 0.169 e. The Morgan fingerprint density at radius 3 is 2.48 bits per heavy atom.